The minimum atomic E-state index is -4.19. The number of hydrogen-bond donors (Lipinski definition) is 1. The summed E-state index contributed by atoms with van der Waals surface area (Å²) < 4.78 is 39.1. The van der Waals surface area contributed by atoms with Gasteiger partial charge in [0.2, 0.25) is 11.8 Å². The minimum Gasteiger partial charge on any atom is -0.497 e. The molecule has 9 nitrogen and oxygen atoms in total. The third-order valence-electron chi connectivity index (χ3n) is 6.05. The van der Waals surface area contributed by atoms with Crippen molar-refractivity contribution in [2.45, 2.75) is 31.3 Å². The van der Waals surface area contributed by atoms with Crippen LogP contribution in [-0.4, -0.2) is 58.5 Å². The molecular weight excluding hydrogens is 542 g/mol. The van der Waals surface area contributed by atoms with Crippen molar-refractivity contribution in [1.29, 1.82) is 0 Å². The Morgan fingerprint density at radius 2 is 1.59 bits per heavy atom. The van der Waals surface area contributed by atoms with Gasteiger partial charge in [-0.25, -0.2) is 8.42 Å². The lowest BCUT2D eigenvalue weighted by Gasteiger charge is -2.32. The van der Waals surface area contributed by atoms with Gasteiger partial charge in [0.05, 0.1) is 24.8 Å². The number of benzene rings is 3. The third-order valence-corrected chi connectivity index (χ3v) is 8.09. The van der Waals surface area contributed by atoms with Gasteiger partial charge in [0.15, 0.2) is 0 Å². The Bertz CT molecular complexity index is 1380. The fourth-order valence-electron chi connectivity index (χ4n) is 3.88. The summed E-state index contributed by atoms with van der Waals surface area (Å²) in [6.07, 6.45) is 0. The third kappa shape index (κ3) is 7.42. The summed E-state index contributed by atoms with van der Waals surface area (Å²) in [6.45, 7) is 3.28. The molecule has 0 saturated heterocycles. The highest BCUT2D eigenvalue weighted by molar-refractivity contribution is 7.92. The molecule has 39 heavy (non-hydrogen) atoms. The number of hydrogen-bond acceptors (Lipinski definition) is 6. The van der Waals surface area contributed by atoms with E-state index in [1.807, 2.05) is 0 Å². The average molecular weight is 574 g/mol. The SMILES string of the molecule is CCNC(=O)C(C)N(Cc1cccc(OC)c1)C(=O)CN(c1ccc(Cl)cc1)S(=O)(=O)c1ccc(OC)cc1. The van der Waals surface area contributed by atoms with Crippen molar-refractivity contribution >= 4 is 39.1 Å². The van der Waals surface area contributed by atoms with Gasteiger partial charge in [-0.1, -0.05) is 23.7 Å². The van der Waals surface area contributed by atoms with Crippen LogP contribution in [0.25, 0.3) is 0 Å². The molecule has 3 aromatic carbocycles. The first-order valence-electron chi connectivity index (χ1n) is 12.2. The molecule has 0 heterocycles. The molecule has 2 amide bonds. The van der Waals surface area contributed by atoms with E-state index in [2.05, 4.69) is 5.32 Å². The molecule has 0 spiro atoms. The molecule has 3 aromatic rings. The Hall–Kier alpha value is -3.76. The fourth-order valence-corrected chi connectivity index (χ4v) is 5.42. The zero-order valence-electron chi connectivity index (χ0n) is 22.3. The maximum absolute atomic E-state index is 13.8. The summed E-state index contributed by atoms with van der Waals surface area (Å²) in [6, 6.07) is 18.3. The van der Waals surface area contributed by atoms with Crippen molar-refractivity contribution in [3.8, 4) is 11.5 Å². The monoisotopic (exact) mass is 573 g/mol. The van der Waals surface area contributed by atoms with Crippen LogP contribution in [0.3, 0.4) is 0 Å². The first kappa shape index (κ1) is 29.8. The Balaban J connectivity index is 2.02. The smallest absolute Gasteiger partial charge is 0.264 e. The largest absolute Gasteiger partial charge is 0.497 e. The molecule has 11 heteroatoms. The number of ether oxygens (including phenoxy) is 2. The van der Waals surface area contributed by atoms with Crippen molar-refractivity contribution in [3.05, 3.63) is 83.4 Å². The van der Waals surface area contributed by atoms with Crippen LogP contribution in [0.4, 0.5) is 5.69 Å². The van der Waals surface area contributed by atoms with Crippen LogP contribution >= 0.6 is 11.6 Å². The van der Waals surface area contributed by atoms with Gasteiger partial charge in [0.25, 0.3) is 10.0 Å². The standard InChI is InChI=1S/C28H32ClN3O6S/c1-5-30-28(34)20(2)31(18-21-7-6-8-25(17-21)38-4)27(33)19-32(23-11-9-22(29)10-12-23)39(35,36)26-15-13-24(37-3)14-16-26/h6-17,20H,5,18-19H2,1-4H3,(H,30,34). The van der Waals surface area contributed by atoms with Gasteiger partial charge < -0.3 is 19.7 Å². The van der Waals surface area contributed by atoms with Gasteiger partial charge in [-0.2, -0.15) is 0 Å². The molecule has 0 fully saturated rings. The number of likely N-dealkylation sites (N-methyl/N-ethyl adjacent to an activating group) is 1. The van der Waals surface area contributed by atoms with E-state index in [1.165, 1.54) is 55.5 Å². The number of rotatable bonds is 12. The second kappa shape index (κ2) is 13.3. The Kier molecular flexibility index (Phi) is 10.2. The number of nitrogens with zero attached hydrogens (tertiary/aromatic N) is 2. The predicted molar refractivity (Wildman–Crippen MR) is 151 cm³/mol. The number of anilines is 1. The summed E-state index contributed by atoms with van der Waals surface area (Å²) in [4.78, 5) is 28.0. The summed E-state index contributed by atoms with van der Waals surface area (Å²) in [5.74, 6) is 0.159. The molecule has 1 unspecified atom stereocenters. The average Bonchev–Trinajstić information content (AvgIpc) is 2.94. The lowest BCUT2D eigenvalue weighted by molar-refractivity contribution is -0.139. The van der Waals surface area contributed by atoms with Gasteiger partial charge in [-0.05, 0) is 80.1 Å². The molecule has 0 aliphatic heterocycles. The lowest BCUT2D eigenvalue weighted by atomic mass is 10.1. The quantitative estimate of drug-likeness (QED) is 0.350. The van der Waals surface area contributed by atoms with Crippen molar-refractivity contribution in [2.75, 3.05) is 31.6 Å². The van der Waals surface area contributed by atoms with Crippen LogP contribution in [-0.2, 0) is 26.2 Å². The van der Waals surface area contributed by atoms with Crippen molar-refractivity contribution in [2.24, 2.45) is 0 Å². The molecular formula is C28H32ClN3O6S. The van der Waals surface area contributed by atoms with Crippen LogP contribution in [0, 0.1) is 0 Å². The summed E-state index contributed by atoms with van der Waals surface area (Å²) in [5, 5.41) is 3.14. The van der Waals surface area contributed by atoms with E-state index in [0.29, 0.717) is 23.1 Å². The Morgan fingerprint density at radius 1 is 0.949 bits per heavy atom. The normalized spacial score (nSPS) is 11.8. The molecule has 1 atom stereocenters. The Morgan fingerprint density at radius 3 is 2.18 bits per heavy atom. The van der Waals surface area contributed by atoms with E-state index >= 15 is 0 Å². The van der Waals surface area contributed by atoms with Gasteiger partial charge >= 0.3 is 0 Å². The predicted octanol–water partition coefficient (Wildman–Crippen LogP) is 4.11. The van der Waals surface area contributed by atoms with Gasteiger partial charge in [-0.3, -0.25) is 13.9 Å². The summed E-state index contributed by atoms with van der Waals surface area (Å²) >= 11 is 6.05. The highest BCUT2D eigenvalue weighted by atomic mass is 35.5. The van der Waals surface area contributed by atoms with Crippen molar-refractivity contribution in [1.82, 2.24) is 10.2 Å². The number of nitrogens with one attached hydrogen (secondary N) is 1. The van der Waals surface area contributed by atoms with E-state index in [4.69, 9.17) is 21.1 Å². The molecule has 0 bridgehead atoms. The number of carbonyl (C=O) groups is 2. The molecule has 208 valence electrons. The first-order valence-corrected chi connectivity index (χ1v) is 14.0. The van der Waals surface area contributed by atoms with Crippen molar-refractivity contribution < 1.29 is 27.5 Å². The number of halogens is 1. The first-order chi connectivity index (χ1) is 18.6. The zero-order valence-corrected chi connectivity index (χ0v) is 23.8. The number of carbonyl (C=O) groups excluding carboxylic acids is 2. The maximum atomic E-state index is 13.8. The molecule has 1 N–H and O–H groups in total. The topological polar surface area (TPSA) is 105 Å². The van der Waals surface area contributed by atoms with E-state index in [-0.39, 0.29) is 23.0 Å². The van der Waals surface area contributed by atoms with Crippen LogP contribution in [0.1, 0.15) is 19.4 Å². The molecule has 0 aliphatic carbocycles. The number of sulfonamides is 1. The lowest BCUT2D eigenvalue weighted by Crippen LogP contribution is -2.51. The van der Waals surface area contributed by atoms with Crippen LogP contribution in [0.5, 0.6) is 11.5 Å². The van der Waals surface area contributed by atoms with E-state index in [9.17, 15) is 18.0 Å². The van der Waals surface area contributed by atoms with E-state index in [0.717, 1.165) is 9.87 Å². The fraction of sp³-hybridized carbons (Fsp3) is 0.286. The maximum Gasteiger partial charge on any atom is 0.264 e. The highest BCUT2D eigenvalue weighted by Crippen LogP contribution is 2.27. The molecule has 0 radical (unpaired) electrons. The van der Waals surface area contributed by atoms with Gasteiger partial charge in [0, 0.05) is 18.1 Å². The van der Waals surface area contributed by atoms with Crippen LogP contribution in [0.15, 0.2) is 77.7 Å². The van der Waals surface area contributed by atoms with E-state index < -0.39 is 28.5 Å². The summed E-state index contributed by atoms with van der Waals surface area (Å²) in [7, 11) is -1.18. The Labute approximate surface area is 234 Å². The highest BCUT2D eigenvalue weighted by Gasteiger charge is 2.32. The van der Waals surface area contributed by atoms with Crippen LogP contribution < -0.4 is 19.1 Å². The second-order valence-electron chi connectivity index (χ2n) is 8.61. The molecule has 3 rings (SSSR count). The number of methoxy groups -OCH3 is 2. The van der Waals surface area contributed by atoms with Crippen molar-refractivity contribution in [3.63, 3.8) is 0 Å². The van der Waals surface area contributed by atoms with Gasteiger partial charge in [0.1, 0.15) is 24.1 Å². The van der Waals surface area contributed by atoms with Crippen LogP contribution in [0.2, 0.25) is 5.02 Å². The zero-order chi connectivity index (χ0) is 28.6. The molecule has 0 aromatic heterocycles. The second-order valence-corrected chi connectivity index (χ2v) is 10.9. The van der Waals surface area contributed by atoms with Gasteiger partial charge in [-0.15, -0.1) is 0 Å². The summed E-state index contributed by atoms with van der Waals surface area (Å²) in [5.41, 5.74) is 0.963. The number of amides is 2. The molecule has 0 saturated carbocycles. The molecule has 0 aliphatic rings. The van der Waals surface area contributed by atoms with E-state index in [1.54, 1.807) is 50.2 Å². The minimum absolute atomic E-state index is 0.0258.